The van der Waals surface area contributed by atoms with Crippen molar-refractivity contribution in [2.45, 2.75) is 39.5 Å². The maximum atomic E-state index is 13.3. The van der Waals surface area contributed by atoms with Gasteiger partial charge < -0.3 is 9.64 Å². The molecule has 2 aromatic rings. The SMILES string of the molecule is CCOC(=O)[C@H]1CCCN(C(=O)c2cnn(-c3cccc(Cl)c3)c2C(C)C)C1. The van der Waals surface area contributed by atoms with E-state index in [2.05, 4.69) is 5.10 Å². The second-order valence-corrected chi connectivity index (χ2v) is 7.77. The number of amides is 1. The van der Waals surface area contributed by atoms with Crippen molar-refractivity contribution in [2.24, 2.45) is 5.92 Å². The van der Waals surface area contributed by atoms with Crippen molar-refractivity contribution in [1.82, 2.24) is 14.7 Å². The lowest BCUT2D eigenvalue weighted by Gasteiger charge is -2.31. The molecule has 0 N–H and O–H groups in total. The van der Waals surface area contributed by atoms with Crippen LogP contribution in [0, 0.1) is 5.92 Å². The number of benzene rings is 1. The van der Waals surface area contributed by atoms with E-state index in [1.54, 1.807) is 28.8 Å². The summed E-state index contributed by atoms with van der Waals surface area (Å²) in [7, 11) is 0. The van der Waals surface area contributed by atoms with Crippen molar-refractivity contribution in [2.75, 3.05) is 19.7 Å². The summed E-state index contributed by atoms with van der Waals surface area (Å²) in [6.07, 6.45) is 3.16. The van der Waals surface area contributed by atoms with Crippen LogP contribution >= 0.6 is 11.6 Å². The van der Waals surface area contributed by atoms with Gasteiger partial charge in [-0.15, -0.1) is 0 Å². The molecule has 1 aromatic carbocycles. The predicted octanol–water partition coefficient (Wildman–Crippen LogP) is 4.06. The molecule has 150 valence electrons. The number of esters is 1. The number of hydrogen-bond acceptors (Lipinski definition) is 4. The number of carbonyl (C=O) groups excluding carboxylic acids is 2. The minimum atomic E-state index is -0.261. The summed E-state index contributed by atoms with van der Waals surface area (Å²) in [4.78, 5) is 27.1. The molecule has 1 amide bonds. The number of aromatic nitrogens is 2. The number of nitrogens with zero attached hydrogens (tertiary/aromatic N) is 3. The van der Waals surface area contributed by atoms with Gasteiger partial charge in [-0.2, -0.15) is 5.10 Å². The lowest BCUT2D eigenvalue weighted by atomic mass is 9.97. The summed E-state index contributed by atoms with van der Waals surface area (Å²) >= 11 is 6.13. The zero-order chi connectivity index (χ0) is 20.3. The molecule has 3 rings (SSSR count). The van der Waals surface area contributed by atoms with Gasteiger partial charge in [0.05, 0.1) is 35.7 Å². The first-order chi connectivity index (χ1) is 13.4. The van der Waals surface area contributed by atoms with E-state index in [9.17, 15) is 9.59 Å². The molecule has 0 aliphatic carbocycles. The number of likely N-dealkylation sites (tertiary alicyclic amines) is 1. The molecular weight excluding hydrogens is 378 g/mol. The van der Waals surface area contributed by atoms with Gasteiger partial charge in [-0.3, -0.25) is 9.59 Å². The quantitative estimate of drug-likeness (QED) is 0.706. The molecule has 1 atom stereocenters. The fraction of sp³-hybridized carbons (Fsp3) is 0.476. The molecule has 0 radical (unpaired) electrons. The molecule has 1 saturated heterocycles. The van der Waals surface area contributed by atoms with Gasteiger partial charge in [0.1, 0.15) is 0 Å². The Hall–Kier alpha value is -2.34. The predicted molar refractivity (Wildman–Crippen MR) is 108 cm³/mol. The van der Waals surface area contributed by atoms with E-state index in [0.29, 0.717) is 30.3 Å². The first-order valence-electron chi connectivity index (χ1n) is 9.72. The first-order valence-corrected chi connectivity index (χ1v) is 10.1. The molecule has 28 heavy (non-hydrogen) atoms. The Balaban J connectivity index is 1.89. The first kappa shape index (κ1) is 20.4. The van der Waals surface area contributed by atoms with Crippen LogP contribution in [0.25, 0.3) is 5.69 Å². The minimum Gasteiger partial charge on any atom is -0.466 e. The maximum Gasteiger partial charge on any atom is 0.310 e. The summed E-state index contributed by atoms with van der Waals surface area (Å²) in [6, 6.07) is 7.40. The Morgan fingerprint density at radius 1 is 1.36 bits per heavy atom. The van der Waals surface area contributed by atoms with Gasteiger partial charge in [0.25, 0.3) is 5.91 Å². The highest BCUT2D eigenvalue weighted by Crippen LogP contribution is 2.27. The van der Waals surface area contributed by atoms with Crippen LogP contribution in [0.2, 0.25) is 5.02 Å². The lowest BCUT2D eigenvalue weighted by molar-refractivity contribution is -0.149. The third kappa shape index (κ3) is 4.22. The van der Waals surface area contributed by atoms with Gasteiger partial charge in [-0.25, -0.2) is 4.68 Å². The Bertz CT molecular complexity index is 862. The van der Waals surface area contributed by atoms with Crippen molar-refractivity contribution >= 4 is 23.5 Å². The van der Waals surface area contributed by atoms with Gasteiger partial charge in [-0.05, 0) is 43.9 Å². The Kier molecular flexibility index (Phi) is 6.39. The second kappa shape index (κ2) is 8.78. The van der Waals surface area contributed by atoms with Gasteiger partial charge in [0.2, 0.25) is 0 Å². The summed E-state index contributed by atoms with van der Waals surface area (Å²) in [6.45, 7) is 7.24. The van der Waals surface area contributed by atoms with Gasteiger partial charge >= 0.3 is 5.97 Å². The Morgan fingerprint density at radius 2 is 2.14 bits per heavy atom. The zero-order valence-electron chi connectivity index (χ0n) is 16.5. The third-order valence-corrected chi connectivity index (χ3v) is 5.20. The molecule has 6 nitrogen and oxygen atoms in total. The van der Waals surface area contributed by atoms with E-state index in [-0.39, 0.29) is 23.7 Å². The van der Waals surface area contributed by atoms with Crippen LogP contribution in [0.4, 0.5) is 0 Å². The van der Waals surface area contributed by atoms with Crippen molar-refractivity contribution in [3.63, 3.8) is 0 Å². The number of ether oxygens (including phenoxy) is 1. The van der Waals surface area contributed by atoms with Crippen molar-refractivity contribution in [3.8, 4) is 5.69 Å². The summed E-state index contributed by atoms with van der Waals surface area (Å²) in [5, 5.41) is 5.08. The summed E-state index contributed by atoms with van der Waals surface area (Å²) in [5.74, 6) is -0.487. The molecule has 0 spiro atoms. The Labute approximate surface area is 170 Å². The van der Waals surface area contributed by atoms with Crippen LogP contribution < -0.4 is 0 Å². The van der Waals surface area contributed by atoms with Gasteiger partial charge in [0.15, 0.2) is 0 Å². The van der Waals surface area contributed by atoms with E-state index in [1.807, 2.05) is 32.0 Å². The van der Waals surface area contributed by atoms with E-state index in [0.717, 1.165) is 24.2 Å². The molecule has 0 saturated carbocycles. The van der Waals surface area contributed by atoms with Crippen LogP contribution in [0.3, 0.4) is 0 Å². The second-order valence-electron chi connectivity index (χ2n) is 7.33. The van der Waals surface area contributed by atoms with Crippen molar-refractivity contribution in [1.29, 1.82) is 0 Å². The molecule has 0 bridgehead atoms. The highest BCUT2D eigenvalue weighted by Gasteiger charge is 2.32. The number of piperidine rings is 1. The van der Waals surface area contributed by atoms with E-state index in [1.165, 1.54) is 0 Å². The molecule has 1 aliphatic rings. The fourth-order valence-electron chi connectivity index (χ4n) is 3.68. The summed E-state index contributed by atoms with van der Waals surface area (Å²) in [5.41, 5.74) is 2.23. The Morgan fingerprint density at radius 3 is 2.82 bits per heavy atom. The van der Waals surface area contributed by atoms with E-state index < -0.39 is 0 Å². The molecular formula is C21H26ClN3O3. The largest absolute Gasteiger partial charge is 0.466 e. The van der Waals surface area contributed by atoms with Crippen LogP contribution in [0.5, 0.6) is 0 Å². The van der Waals surface area contributed by atoms with Crippen LogP contribution in [0.1, 0.15) is 55.6 Å². The molecule has 1 aromatic heterocycles. The maximum absolute atomic E-state index is 13.3. The molecule has 1 aliphatic heterocycles. The lowest BCUT2D eigenvalue weighted by Crippen LogP contribution is -2.43. The van der Waals surface area contributed by atoms with E-state index >= 15 is 0 Å². The number of carbonyl (C=O) groups is 2. The van der Waals surface area contributed by atoms with Crippen LogP contribution in [-0.2, 0) is 9.53 Å². The summed E-state index contributed by atoms with van der Waals surface area (Å²) < 4.78 is 6.92. The van der Waals surface area contributed by atoms with E-state index in [4.69, 9.17) is 16.3 Å². The minimum absolute atomic E-state index is 0.0890. The normalized spacial score (nSPS) is 17.0. The van der Waals surface area contributed by atoms with Gasteiger partial charge in [0, 0.05) is 18.1 Å². The third-order valence-electron chi connectivity index (χ3n) is 4.97. The topological polar surface area (TPSA) is 64.4 Å². The van der Waals surface area contributed by atoms with Crippen molar-refractivity contribution < 1.29 is 14.3 Å². The smallest absolute Gasteiger partial charge is 0.310 e. The van der Waals surface area contributed by atoms with Crippen LogP contribution in [0.15, 0.2) is 30.5 Å². The molecule has 1 fully saturated rings. The molecule has 2 heterocycles. The average molecular weight is 404 g/mol. The highest BCUT2D eigenvalue weighted by atomic mass is 35.5. The highest BCUT2D eigenvalue weighted by molar-refractivity contribution is 6.30. The fourth-order valence-corrected chi connectivity index (χ4v) is 3.86. The molecule has 7 heteroatoms. The average Bonchev–Trinajstić information content (AvgIpc) is 3.13. The number of hydrogen-bond donors (Lipinski definition) is 0. The van der Waals surface area contributed by atoms with Gasteiger partial charge in [-0.1, -0.05) is 31.5 Å². The van der Waals surface area contributed by atoms with Crippen molar-refractivity contribution in [3.05, 3.63) is 46.7 Å². The monoisotopic (exact) mass is 403 g/mol. The standard InChI is InChI=1S/C21H26ClN3O3/c1-4-28-21(27)15-7-6-10-24(13-15)20(26)18-12-23-25(19(18)14(2)3)17-9-5-8-16(22)11-17/h5,8-9,11-12,14-15H,4,6-7,10,13H2,1-3H3/t15-/m0/s1. The number of halogens is 1. The molecule has 0 unspecified atom stereocenters. The number of rotatable bonds is 5. The van der Waals surface area contributed by atoms with Crippen LogP contribution in [-0.4, -0.2) is 46.3 Å². The zero-order valence-corrected chi connectivity index (χ0v) is 17.3.